The molecule has 1 N–H and O–H groups in total. The summed E-state index contributed by atoms with van der Waals surface area (Å²) in [4.78, 5) is 28.0. The Morgan fingerprint density at radius 3 is 2.70 bits per heavy atom. The summed E-state index contributed by atoms with van der Waals surface area (Å²) in [6.45, 7) is 0.0281. The molecule has 27 heavy (non-hydrogen) atoms. The average molecular weight is 388 g/mol. The van der Waals surface area contributed by atoms with E-state index >= 15 is 0 Å². The van der Waals surface area contributed by atoms with Crippen molar-refractivity contribution in [3.05, 3.63) is 70.8 Å². The largest absolute Gasteiger partial charge is 0.347 e. The van der Waals surface area contributed by atoms with Crippen LogP contribution in [0.15, 0.2) is 53.1 Å². The summed E-state index contributed by atoms with van der Waals surface area (Å²) < 4.78 is 18.6. The summed E-state index contributed by atoms with van der Waals surface area (Å²) in [7, 11) is 0. The SMILES string of the molecule is O=C(CCC(=O)c1ccccc1F)NCc1nc(-c2cccc(Cl)c2)no1. The van der Waals surface area contributed by atoms with Gasteiger partial charge in [-0.15, -0.1) is 0 Å². The molecule has 0 spiro atoms. The van der Waals surface area contributed by atoms with Gasteiger partial charge in [0, 0.05) is 23.4 Å². The molecule has 1 heterocycles. The summed E-state index contributed by atoms with van der Waals surface area (Å²) in [6, 6.07) is 12.7. The van der Waals surface area contributed by atoms with Crippen LogP contribution in [-0.4, -0.2) is 21.8 Å². The first kappa shape index (κ1) is 18.7. The van der Waals surface area contributed by atoms with Crippen LogP contribution >= 0.6 is 11.6 Å². The van der Waals surface area contributed by atoms with Crippen molar-refractivity contribution in [2.45, 2.75) is 19.4 Å². The third kappa shape index (κ3) is 4.98. The van der Waals surface area contributed by atoms with Crippen LogP contribution in [0.4, 0.5) is 4.39 Å². The van der Waals surface area contributed by atoms with E-state index < -0.39 is 11.6 Å². The van der Waals surface area contributed by atoms with Crippen molar-refractivity contribution in [3.8, 4) is 11.4 Å². The monoisotopic (exact) mass is 387 g/mol. The lowest BCUT2D eigenvalue weighted by Crippen LogP contribution is -2.23. The fourth-order valence-electron chi connectivity index (χ4n) is 2.38. The number of rotatable bonds is 7. The van der Waals surface area contributed by atoms with Crippen molar-refractivity contribution in [1.29, 1.82) is 0 Å². The van der Waals surface area contributed by atoms with E-state index in [1.54, 1.807) is 30.3 Å². The number of halogens is 2. The molecule has 0 saturated heterocycles. The van der Waals surface area contributed by atoms with E-state index in [-0.39, 0.29) is 36.7 Å². The van der Waals surface area contributed by atoms with E-state index in [1.807, 2.05) is 0 Å². The number of carbonyl (C=O) groups is 2. The molecule has 2 aromatic carbocycles. The molecule has 0 aliphatic rings. The van der Waals surface area contributed by atoms with Gasteiger partial charge in [0.2, 0.25) is 17.6 Å². The van der Waals surface area contributed by atoms with Crippen LogP contribution in [0.25, 0.3) is 11.4 Å². The Kier molecular flexibility index (Phi) is 5.93. The van der Waals surface area contributed by atoms with Gasteiger partial charge in [0.05, 0.1) is 12.1 Å². The highest BCUT2D eigenvalue weighted by Crippen LogP contribution is 2.19. The van der Waals surface area contributed by atoms with Gasteiger partial charge < -0.3 is 9.84 Å². The van der Waals surface area contributed by atoms with E-state index in [4.69, 9.17) is 16.1 Å². The van der Waals surface area contributed by atoms with Crippen LogP contribution < -0.4 is 5.32 Å². The molecule has 0 saturated carbocycles. The van der Waals surface area contributed by atoms with Gasteiger partial charge in [0.25, 0.3) is 0 Å². The van der Waals surface area contributed by atoms with E-state index in [0.717, 1.165) is 0 Å². The van der Waals surface area contributed by atoms with E-state index in [2.05, 4.69) is 15.5 Å². The number of Topliss-reactive ketones (excluding diaryl/α,β-unsaturated/α-hetero) is 1. The summed E-state index contributed by atoms with van der Waals surface area (Å²) in [5, 5.41) is 6.97. The first-order valence-corrected chi connectivity index (χ1v) is 8.53. The maximum Gasteiger partial charge on any atom is 0.246 e. The molecule has 6 nitrogen and oxygen atoms in total. The predicted octanol–water partition coefficient (Wildman–Crippen LogP) is 3.81. The molecule has 1 aromatic heterocycles. The van der Waals surface area contributed by atoms with Crippen molar-refractivity contribution in [2.24, 2.45) is 0 Å². The molecule has 0 aliphatic carbocycles. The lowest BCUT2D eigenvalue weighted by molar-refractivity contribution is -0.121. The van der Waals surface area contributed by atoms with Crippen molar-refractivity contribution in [2.75, 3.05) is 0 Å². The van der Waals surface area contributed by atoms with Gasteiger partial charge in [-0.1, -0.05) is 41.0 Å². The highest BCUT2D eigenvalue weighted by atomic mass is 35.5. The predicted molar refractivity (Wildman–Crippen MR) is 96.6 cm³/mol. The Labute approximate surface area is 159 Å². The molecular weight excluding hydrogens is 373 g/mol. The maximum absolute atomic E-state index is 13.5. The fourth-order valence-corrected chi connectivity index (χ4v) is 2.57. The highest BCUT2D eigenvalue weighted by Gasteiger charge is 2.14. The highest BCUT2D eigenvalue weighted by molar-refractivity contribution is 6.30. The summed E-state index contributed by atoms with van der Waals surface area (Å²) in [5.41, 5.74) is 0.674. The van der Waals surface area contributed by atoms with Gasteiger partial charge in [0.1, 0.15) is 5.82 Å². The van der Waals surface area contributed by atoms with Crippen LogP contribution in [0.2, 0.25) is 5.02 Å². The summed E-state index contributed by atoms with van der Waals surface area (Å²) in [6.07, 6.45) is -0.160. The number of benzene rings is 2. The lowest BCUT2D eigenvalue weighted by Gasteiger charge is -2.03. The number of nitrogens with zero attached hydrogens (tertiary/aromatic N) is 2. The van der Waals surface area contributed by atoms with E-state index in [0.29, 0.717) is 16.4 Å². The first-order chi connectivity index (χ1) is 13.0. The second-order valence-corrected chi connectivity index (χ2v) is 6.14. The van der Waals surface area contributed by atoms with Crippen LogP contribution in [0.1, 0.15) is 29.1 Å². The van der Waals surface area contributed by atoms with Crippen LogP contribution in [0, 0.1) is 5.82 Å². The molecule has 3 rings (SSSR count). The molecule has 0 unspecified atom stereocenters. The zero-order valence-electron chi connectivity index (χ0n) is 14.1. The second-order valence-electron chi connectivity index (χ2n) is 5.70. The molecular formula is C19H15ClFN3O3. The number of carbonyl (C=O) groups excluding carboxylic acids is 2. The maximum atomic E-state index is 13.5. The molecule has 0 fully saturated rings. The van der Waals surface area contributed by atoms with Crippen molar-refractivity contribution >= 4 is 23.3 Å². The molecule has 8 heteroatoms. The zero-order valence-corrected chi connectivity index (χ0v) is 14.9. The number of amides is 1. The number of nitrogens with one attached hydrogen (secondary N) is 1. The van der Waals surface area contributed by atoms with Gasteiger partial charge in [0.15, 0.2) is 5.78 Å². The van der Waals surface area contributed by atoms with Crippen LogP contribution in [0.3, 0.4) is 0 Å². The third-order valence-corrected chi connectivity index (χ3v) is 3.98. The molecule has 0 aliphatic heterocycles. The van der Waals surface area contributed by atoms with Gasteiger partial charge in [-0.2, -0.15) is 4.98 Å². The van der Waals surface area contributed by atoms with Crippen molar-refractivity contribution in [1.82, 2.24) is 15.5 Å². The van der Waals surface area contributed by atoms with E-state index in [1.165, 1.54) is 18.2 Å². The third-order valence-electron chi connectivity index (χ3n) is 3.74. The Morgan fingerprint density at radius 2 is 1.93 bits per heavy atom. The van der Waals surface area contributed by atoms with Crippen LogP contribution in [0.5, 0.6) is 0 Å². The fraction of sp³-hybridized carbons (Fsp3) is 0.158. The Balaban J connectivity index is 1.50. The van der Waals surface area contributed by atoms with Crippen molar-refractivity contribution < 1.29 is 18.5 Å². The lowest BCUT2D eigenvalue weighted by atomic mass is 10.1. The number of hydrogen-bond donors (Lipinski definition) is 1. The number of hydrogen-bond acceptors (Lipinski definition) is 5. The standard InChI is InChI=1S/C19H15ClFN3O3/c20-13-5-3-4-12(10-13)19-23-18(27-24-19)11-22-17(26)9-8-16(25)14-6-1-2-7-15(14)21/h1-7,10H,8-9,11H2,(H,22,26). The molecule has 3 aromatic rings. The molecule has 1 amide bonds. The van der Waals surface area contributed by atoms with Gasteiger partial charge in [-0.3, -0.25) is 9.59 Å². The summed E-state index contributed by atoms with van der Waals surface area (Å²) >= 11 is 5.92. The number of aromatic nitrogens is 2. The van der Waals surface area contributed by atoms with E-state index in [9.17, 15) is 14.0 Å². The quantitative estimate of drug-likeness (QED) is 0.623. The Bertz CT molecular complexity index is 974. The molecule has 0 atom stereocenters. The summed E-state index contributed by atoms with van der Waals surface area (Å²) in [5.74, 6) is -0.816. The molecule has 138 valence electrons. The van der Waals surface area contributed by atoms with Crippen LogP contribution in [-0.2, 0) is 11.3 Å². The van der Waals surface area contributed by atoms with Gasteiger partial charge in [-0.25, -0.2) is 4.39 Å². The second kappa shape index (κ2) is 8.55. The first-order valence-electron chi connectivity index (χ1n) is 8.16. The van der Waals surface area contributed by atoms with Gasteiger partial charge in [-0.05, 0) is 24.3 Å². The topological polar surface area (TPSA) is 85.1 Å². The zero-order chi connectivity index (χ0) is 19.2. The minimum atomic E-state index is -0.595. The normalized spacial score (nSPS) is 10.6. The molecule has 0 bridgehead atoms. The Morgan fingerprint density at radius 1 is 1.11 bits per heavy atom. The minimum Gasteiger partial charge on any atom is -0.347 e. The smallest absolute Gasteiger partial charge is 0.246 e. The van der Waals surface area contributed by atoms with Crippen molar-refractivity contribution in [3.63, 3.8) is 0 Å². The number of ketones is 1. The molecule has 0 radical (unpaired) electrons. The minimum absolute atomic E-state index is 0.0200. The Hall–Kier alpha value is -3.06. The van der Waals surface area contributed by atoms with Gasteiger partial charge >= 0.3 is 0 Å². The average Bonchev–Trinajstić information content (AvgIpc) is 3.14.